The quantitative estimate of drug-likeness (QED) is 0.820. The minimum Gasteiger partial charge on any atom is -0.383 e. The van der Waals surface area contributed by atoms with E-state index in [1.807, 2.05) is 6.92 Å². The molecule has 0 aliphatic carbocycles. The van der Waals surface area contributed by atoms with Crippen LogP contribution in [0.25, 0.3) is 0 Å². The highest BCUT2D eigenvalue weighted by Gasteiger charge is 2.11. The molecule has 5 heteroatoms. The molecule has 0 spiro atoms. The Morgan fingerprint density at radius 2 is 2.58 bits per heavy atom. The van der Waals surface area contributed by atoms with E-state index in [1.165, 1.54) is 17.5 Å². The summed E-state index contributed by atoms with van der Waals surface area (Å²) in [7, 11) is 0. The van der Waals surface area contributed by atoms with Crippen LogP contribution in [-0.4, -0.2) is 23.3 Å². The van der Waals surface area contributed by atoms with Crippen molar-refractivity contribution in [2.75, 3.05) is 13.2 Å². The summed E-state index contributed by atoms with van der Waals surface area (Å²) in [6, 6.07) is 0. The fraction of sp³-hybridized carbons (Fsp3) is 0.571. The van der Waals surface area contributed by atoms with Crippen molar-refractivity contribution in [1.82, 2.24) is 4.98 Å². The first-order chi connectivity index (χ1) is 5.74. The Balaban J connectivity index is 2.47. The maximum absolute atomic E-state index is 9.43. The lowest BCUT2D eigenvalue weighted by Gasteiger charge is -2.05. The summed E-state index contributed by atoms with van der Waals surface area (Å²) < 4.78 is 5.62. The van der Waals surface area contributed by atoms with E-state index in [9.17, 15) is 5.11 Å². The highest BCUT2D eigenvalue weighted by Crippen LogP contribution is 2.23. The van der Waals surface area contributed by atoms with Gasteiger partial charge in [-0.3, -0.25) is 0 Å². The largest absolute Gasteiger partial charge is 0.383 e. The van der Waals surface area contributed by atoms with Crippen molar-refractivity contribution < 1.29 is 9.84 Å². The smallest absolute Gasteiger partial charge is 0.129 e. The molecule has 12 heavy (non-hydrogen) atoms. The van der Waals surface area contributed by atoms with Gasteiger partial charge in [0.2, 0.25) is 0 Å². The van der Waals surface area contributed by atoms with Crippen LogP contribution in [0.15, 0.2) is 6.20 Å². The molecule has 1 unspecified atom stereocenters. The molecule has 1 atom stereocenters. The second kappa shape index (κ2) is 4.77. The number of aliphatic hydroxyl groups excluding tert-OH is 1. The van der Waals surface area contributed by atoms with Crippen LogP contribution in [0.5, 0.6) is 0 Å². The average Bonchev–Trinajstić information content (AvgIpc) is 2.47. The van der Waals surface area contributed by atoms with Crippen molar-refractivity contribution >= 4 is 22.9 Å². The molecule has 0 aliphatic rings. The van der Waals surface area contributed by atoms with Gasteiger partial charge in [0.25, 0.3) is 0 Å². The van der Waals surface area contributed by atoms with Gasteiger partial charge in [-0.1, -0.05) is 11.6 Å². The predicted octanol–water partition coefficient (Wildman–Crippen LogP) is 1.87. The Hall–Kier alpha value is -0.160. The third-order valence-electron chi connectivity index (χ3n) is 1.26. The van der Waals surface area contributed by atoms with E-state index < -0.39 is 6.10 Å². The number of ether oxygens (including phenoxy) is 1. The fourth-order valence-corrected chi connectivity index (χ4v) is 1.62. The lowest BCUT2D eigenvalue weighted by Crippen LogP contribution is -2.06. The van der Waals surface area contributed by atoms with Gasteiger partial charge in [-0.2, -0.15) is 0 Å². The van der Waals surface area contributed by atoms with Gasteiger partial charge >= 0.3 is 0 Å². The predicted molar refractivity (Wildman–Crippen MR) is 48.6 cm³/mol. The van der Waals surface area contributed by atoms with Crippen LogP contribution in [0.4, 0.5) is 0 Å². The molecule has 0 aromatic carbocycles. The summed E-state index contributed by atoms with van der Waals surface area (Å²) in [5, 5.41) is 10.0. The molecule has 1 rings (SSSR count). The van der Waals surface area contributed by atoms with Crippen molar-refractivity contribution in [2.24, 2.45) is 0 Å². The van der Waals surface area contributed by atoms with Gasteiger partial charge in [-0.05, 0) is 6.92 Å². The Kier molecular flexibility index (Phi) is 3.94. The third-order valence-corrected chi connectivity index (χ3v) is 2.48. The van der Waals surface area contributed by atoms with Gasteiger partial charge in [-0.25, -0.2) is 4.98 Å². The van der Waals surface area contributed by atoms with E-state index in [0.29, 0.717) is 16.0 Å². The monoisotopic (exact) mass is 207 g/mol. The van der Waals surface area contributed by atoms with Crippen molar-refractivity contribution in [3.05, 3.63) is 15.5 Å². The molecule has 0 bridgehead atoms. The topological polar surface area (TPSA) is 42.4 Å². The molecule has 0 radical (unpaired) electrons. The molecular weight excluding hydrogens is 198 g/mol. The van der Waals surface area contributed by atoms with Crippen LogP contribution < -0.4 is 0 Å². The maximum atomic E-state index is 9.43. The first kappa shape index (κ1) is 9.92. The van der Waals surface area contributed by atoms with E-state index in [2.05, 4.69) is 4.98 Å². The van der Waals surface area contributed by atoms with Crippen LogP contribution in [0.3, 0.4) is 0 Å². The van der Waals surface area contributed by atoms with Crippen LogP contribution in [0.2, 0.25) is 4.34 Å². The molecule has 0 amide bonds. The van der Waals surface area contributed by atoms with Crippen molar-refractivity contribution in [1.29, 1.82) is 0 Å². The first-order valence-electron chi connectivity index (χ1n) is 3.61. The van der Waals surface area contributed by atoms with Crippen molar-refractivity contribution in [3.63, 3.8) is 0 Å². The summed E-state index contributed by atoms with van der Waals surface area (Å²) in [6.07, 6.45) is 0.874. The number of rotatable bonds is 4. The van der Waals surface area contributed by atoms with E-state index in [1.54, 1.807) is 0 Å². The lowest BCUT2D eigenvalue weighted by atomic mass is 10.4. The Labute approximate surface area is 80.0 Å². The molecule has 68 valence electrons. The summed E-state index contributed by atoms with van der Waals surface area (Å²) in [5.74, 6) is 0. The van der Waals surface area contributed by atoms with Crippen LogP contribution in [0.1, 0.15) is 18.0 Å². The maximum Gasteiger partial charge on any atom is 0.129 e. The molecule has 0 fully saturated rings. The zero-order valence-electron chi connectivity index (χ0n) is 6.66. The normalized spacial score (nSPS) is 13.2. The van der Waals surface area contributed by atoms with Gasteiger partial charge in [0.1, 0.15) is 15.4 Å². The van der Waals surface area contributed by atoms with Gasteiger partial charge in [0.15, 0.2) is 0 Å². The minimum atomic E-state index is -0.651. The van der Waals surface area contributed by atoms with Gasteiger partial charge in [0.05, 0.1) is 12.8 Å². The minimum absolute atomic E-state index is 0.278. The SMILES string of the molecule is CCOCC(O)c1ncc(Cl)s1. The molecule has 1 aromatic heterocycles. The molecule has 1 N–H and O–H groups in total. The molecule has 1 aromatic rings. The van der Waals surface area contributed by atoms with Crippen LogP contribution in [-0.2, 0) is 4.74 Å². The number of halogens is 1. The number of hydrogen-bond acceptors (Lipinski definition) is 4. The second-order valence-corrected chi connectivity index (χ2v) is 3.87. The Morgan fingerprint density at radius 3 is 3.08 bits per heavy atom. The molecule has 0 aliphatic heterocycles. The standard InChI is InChI=1S/C7H10ClNO2S/c1-2-11-4-5(10)7-9-3-6(8)12-7/h3,5,10H,2,4H2,1H3. The summed E-state index contributed by atoms with van der Waals surface area (Å²) >= 11 is 6.91. The van der Waals surface area contributed by atoms with Gasteiger partial charge in [-0.15, -0.1) is 11.3 Å². The Bertz CT molecular complexity index is 241. The van der Waals surface area contributed by atoms with E-state index in [0.717, 1.165) is 0 Å². The average molecular weight is 208 g/mol. The van der Waals surface area contributed by atoms with Gasteiger partial charge in [0, 0.05) is 6.61 Å². The zero-order chi connectivity index (χ0) is 8.97. The molecule has 0 saturated carbocycles. The summed E-state index contributed by atoms with van der Waals surface area (Å²) in [6.45, 7) is 2.75. The number of hydrogen-bond donors (Lipinski definition) is 1. The van der Waals surface area contributed by atoms with Crippen molar-refractivity contribution in [3.8, 4) is 0 Å². The van der Waals surface area contributed by atoms with E-state index in [-0.39, 0.29) is 6.61 Å². The molecule has 3 nitrogen and oxygen atoms in total. The number of aliphatic hydroxyl groups is 1. The summed E-state index contributed by atoms with van der Waals surface area (Å²) in [5.41, 5.74) is 0. The van der Waals surface area contributed by atoms with E-state index in [4.69, 9.17) is 16.3 Å². The molecule has 1 heterocycles. The highest BCUT2D eigenvalue weighted by molar-refractivity contribution is 7.15. The van der Waals surface area contributed by atoms with Crippen molar-refractivity contribution in [2.45, 2.75) is 13.0 Å². The number of aromatic nitrogens is 1. The second-order valence-electron chi connectivity index (χ2n) is 2.18. The van der Waals surface area contributed by atoms with E-state index >= 15 is 0 Å². The first-order valence-corrected chi connectivity index (χ1v) is 4.80. The number of nitrogens with zero attached hydrogens (tertiary/aromatic N) is 1. The molecular formula is C7H10ClNO2S. The number of thiazole rings is 1. The Morgan fingerprint density at radius 1 is 1.83 bits per heavy atom. The lowest BCUT2D eigenvalue weighted by molar-refractivity contribution is 0.0419. The van der Waals surface area contributed by atoms with Crippen LogP contribution >= 0.6 is 22.9 Å². The molecule has 0 saturated heterocycles. The fourth-order valence-electron chi connectivity index (χ4n) is 0.722. The van der Waals surface area contributed by atoms with Crippen LogP contribution in [0, 0.1) is 0 Å². The highest BCUT2D eigenvalue weighted by atomic mass is 35.5. The van der Waals surface area contributed by atoms with Gasteiger partial charge < -0.3 is 9.84 Å². The zero-order valence-corrected chi connectivity index (χ0v) is 8.23. The third kappa shape index (κ3) is 2.71. The summed E-state index contributed by atoms with van der Waals surface area (Å²) in [4.78, 5) is 3.93.